The van der Waals surface area contributed by atoms with Crippen LogP contribution in [0.4, 0.5) is 4.79 Å². The number of rotatable bonds is 11. The van der Waals surface area contributed by atoms with E-state index in [1.807, 2.05) is 30.3 Å². The summed E-state index contributed by atoms with van der Waals surface area (Å²) in [5, 5.41) is 14.9. The second kappa shape index (κ2) is 12.2. The Morgan fingerprint density at radius 1 is 1.06 bits per heavy atom. The summed E-state index contributed by atoms with van der Waals surface area (Å²) < 4.78 is 10.2. The molecule has 9 nitrogen and oxygen atoms in total. The molecule has 0 unspecified atom stereocenters. The van der Waals surface area contributed by atoms with Gasteiger partial charge in [-0.3, -0.25) is 9.59 Å². The third kappa shape index (κ3) is 8.75. The van der Waals surface area contributed by atoms with Gasteiger partial charge in [-0.15, -0.1) is 0 Å². The summed E-state index contributed by atoms with van der Waals surface area (Å²) in [5.41, 5.74) is 6.97. The number of methoxy groups -OCH3 is 1. The molecule has 2 aromatic rings. The van der Waals surface area contributed by atoms with Gasteiger partial charge in [0.1, 0.15) is 18.4 Å². The van der Waals surface area contributed by atoms with Gasteiger partial charge in [0.25, 0.3) is 0 Å². The number of carbonyl (C=O) groups excluding carboxylic acids is 3. The molecular formula is C22H27N3O6. The summed E-state index contributed by atoms with van der Waals surface area (Å²) in [6.45, 7) is -0.0913. The van der Waals surface area contributed by atoms with Gasteiger partial charge in [-0.2, -0.15) is 0 Å². The average Bonchev–Trinajstić information content (AvgIpc) is 2.76. The maximum Gasteiger partial charge on any atom is 0.407 e. The molecule has 2 aromatic carbocycles. The van der Waals surface area contributed by atoms with Crippen molar-refractivity contribution in [3.63, 3.8) is 0 Å². The van der Waals surface area contributed by atoms with E-state index in [1.54, 1.807) is 24.3 Å². The fourth-order valence-corrected chi connectivity index (χ4v) is 2.77. The lowest BCUT2D eigenvalue weighted by Gasteiger charge is -2.18. The van der Waals surface area contributed by atoms with Crippen LogP contribution in [0.15, 0.2) is 54.6 Å². The van der Waals surface area contributed by atoms with Crippen LogP contribution in [0.3, 0.4) is 0 Å². The van der Waals surface area contributed by atoms with Gasteiger partial charge in [0.2, 0.25) is 11.8 Å². The molecule has 0 bridgehead atoms. The topological polar surface area (TPSA) is 140 Å². The zero-order valence-electron chi connectivity index (χ0n) is 17.2. The molecule has 2 rings (SSSR count). The van der Waals surface area contributed by atoms with Crippen molar-refractivity contribution in [3.05, 3.63) is 65.7 Å². The van der Waals surface area contributed by atoms with Gasteiger partial charge >= 0.3 is 6.09 Å². The van der Waals surface area contributed by atoms with E-state index >= 15 is 0 Å². The van der Waals surface area contributed by atoms with Gasteiger partial charge in [0, 0.05) is 13.0 Å². The molecule has 0 aliphatic rings. The largest absolute Gasteiger partial charge is 0.497 e. The molecule has 0 fully saturated rings. The lowest BCUT2D eigenvalue weighted by atomic mass is 10.0. The maximum absolute atomic E-state index is 12.2. The number of aliphatic hydroxyl groups is 1. The third-order valence-electron chi connectivity index (χ3n) is 4.37. The van der Waals surface area contributed by atoms with Crippen LogP contribution in [0, 0.1) is 0 Å². The van der Waals surface area contributed by atoms with Crippen molar-refractivity contribution in [1.82, 2.24) is 10.6 Å². The fraction of sp³-hybridized carbons (Fsp3) is 0.318. The number of aliphatic hydroxyl groups excluding tert-OH is 1. The van der Waals surface area contributed by atoms with E-state index in [0.29, 0.717) is 5.75 Å². The van der Waals surface area contributed by atoms with E-state index in [1.165, 1.54) is 7.11 Å². The number of amides is 3. The van der Waals surface area contributed by atoms with E-state index < -0.39 is 30.1 Å². The van der Waals surface area contributed by atoms with E-state index in [2.05, 4.69) is 10.6 Å². The number of carbonyl (C=O) groups is 3. The van der Waals surface area contributed by atoms with Crippen molar-refractivity contribution in [2.75, 3.05) is 13.7 Å². The van der Waals surface area contributed by atoms with Gasteiger partial charge in [0.15, 0.2) is 0 Å². The number of hydrogen-bond acceptors (Lipinski definition) is 6. The zero-order chi connectivity index (χ0) is 22.6. The molecule has 0 aromatic heterocycles. The lowest BCUT2D eigenvalue weighted by molar-refractivity contribution is -0.128. The number of primary amides is 1. The summed E-state index contributed by atoms with van der Waals surface area (Å²) in [7, 11) is 1.53. The van der Waals surface area contributed by atoms with Crippen molar-refractivity contribution < 1.29 is 29.0 Å². The Labute approximate surface area is 180 Å². The quantitative estimate of drug-likeness (QED) is 0.418. The van der Waals surface area contributed by atoms with Gasteiger partial charge in [-0.05, 0) is 23.3 Å². The minimum atomic E-state index is -1.16. The SMILES string of the molecule is COc1cccc(C[C@@H](NC(=O)C[C@H](O)CNC(=O)OCc2ccccc2)C(N)=O)c1. The lowest BCUT2D eigenvalue weighted by Crippen LogP contribution is -2.47. The summed E-state index contributed by atoms with van der Waals surface area (Å²) in [6, 6.07) is 15.2. The van der Waals surface area contributed by atoms with Gasteiger partial charge in [-0.1, -0.05) is 42.5 Å². The summed E-state index contributed by atoms with van der Waals surface area (Å²) in [6.07, 6.45) is -2.01. The van der Waals surface area contributed by atoms with Crippen LogP contribution in [-0.4, -0.2) is 48.8 Å². The maximum atomic E-state index is 12.2. The highest BCUT2D eigenvalue weighted by molar-refractivity contribution is 5.87. The smallest absolute Gasteiger partial charge is 0.407 e. The minimum absolute atomic E-state index is 0.0911. The van der Waals surface area contributed by atoms with Crippen LogP contribution in [0.2, 0.25) is 0 Å². The normalized spacial score (nSPS) is 12.3. The highest BCUT2D eigenvalue weighted by Gasteiger charge is 2.21. The molecule has 0 aliphatic heterocycles. The molecule has 5 N–H and O–H groups in total. The third-order valence-corrected chi connectivity index (χ3v) is 4.37. The first-order chi connectivity index (χ1) is 14.9. The van der Waals surface area contributed by atoms with Crippen LogP contribution >= 0.6 is 0 Å². The van der Waals surface area contributed by atoms with Crippen molar-refractivity contribution in [2.24, 2.45) is 5.73 Å². The van der Waals surface area contributed by atoms with Crippen LogP contribution in [0.5, 0.6) is 5.75 Å². The monoisotopic (exact) mass is 429 g/mol. The summed E-state index contributed by atoms with van der Waals surface area (Å²) in [5.74, 6) is -0.653. The Kier molecular flexibility index (Phi) is 9.31. The standard InChI is InChI=1S/C22H27N3O6/c1-30-18-9-5-8-16(10-18)11-19(21(23)28)25-20(27)12-17(26)13-24-22(29)31-14-15-6-3-2-4-7-15/h2-10,17,19,26H,11-14H2,1H3,(H2,23,28)(H,24,29)(H,25,27)/t17-,19+/m0/s1. The van der Waals surface area contributed by atoms with Gasteiger partial charge in [0.05, 0.1) is 19.6 Å². The number of benzene rings is 2. The Hall–Kier alpha value is -3.59. The number of nitrogens with one attached hydrogen (secondary N) is 2. The van der Waals surface area contributed by atoms with Crippen molar-refractivity contribution in [3.8, 4) is 5.75 Å². The molecule has 166 valence electrons. The summed E-state index contributed by atoms with van der Waals surface area (Å²) >= 11 is 0. The second-order valence-corrected chi connectivity index (χ2v) is 6.88. The molecular weight excluding hydrogens is 402 g/mol. The van der Waals surface area contributed by atoms with Gasteiger partial charge in [-0.25, -0.2) is 4.79 Å². The Morgan fingerprint density at radius 3 is 2.45 bits per heavy atom. The molecule has 0 aliphatic carbocycles. The Bertz CT molecular complexity index is 875. The predicted molar refractivity (Wildman–Crippen MR) is 113 cm³/mol. The highest BCUT2D eigenvalue weighted by atomic mass is 16.5. The molecule has 31 heavy (non-hydrogen) atoms. The highest BCUT2D eigenvalue weighted by Crippen LogP contribution is 2.14. The Balaban J connectivity index is 1.75. The van der Waals surface area contributed by atoms with E-state index in [4.69, 9.17) is 15.2 Å². The number of alkyl carbamates (subject to hydrolysis) is 1. The van der Waals surface area contributed by atoms with Crippen LogP contribution in [-0.2, 0) is 27.4 Å². The first-order valence-corrected chi connectivity index (χ1v) is 9.71. The molecule has 9 heteroatoms. The Morgan fingerprint density at radius 2 is 1.77 bits per heavy atom. The van der Waals surface area contributed by atoms with Gasteiger partial charge < -0.3 is 30.9 Å². The molecule has 0 heterocycles. The van der Waals surface area contributed by atoms with Crippen LogP contribution < -0.4 is 21.1 Å². The molecule has 0 saturated carbocycles. The van der Waals surface area contributed by atoms with Crippen LogP contribution in [0.1, 0.15) is 17.5 Å². The fourth-order valence-electron chi connectivity index (χ4n) is 2.77. The molecule has 0 spiro atoms. The minimum Gasteiger partial charge on any atom is -0.497 e. The first-order valence-electron chi connectivity index (χ1n) is 9.71. The van der Waals surface area contributed by atoms with Crippen molar-refractivity contribution in [2.45, 2.75) is 31.6 Å². The van der Waals surface area contributed by atoms with E-state index in [9.17, 15) is 19.5 Å². The number of nitrogens with two attached hydrogens (primary N) is 1. The predicted octanol–water partition coefficient (Wildman–Crippen LogP) is 0.885. The second-order valence-electron chi connectivity index (χ2n) is 6.88. The molecule has 2 atom stereocenters. The molecule has 3 amide bonds. The summed E-state index contributed by atoms with van der Waals surface area (Å²) in [4.78, 5) is 35.6. The molecule has 0 saturated heterocycles. The molecule has 0 radical (unpaired) electrons. The average molecular weight is 429 g/mol. The van der Waals surface area contributed by atoms with E-state index in [0.717, 1.165) is 11.1 Å². The van der Waals surface area contributed by atoms with E-state index in [-0.39, 0.29) is 26.0 Å². The zero-order valence-corrected chi connectivity index (χ0v) is 17.2. The van der Waals surface area contributed by atoms with Crippen LogP contribution in [0.25, 0.3) is 0 Å². The first kappa shape index (κ1) is 23.7. The van der Waals surface area contributed by atoms with Crippen molar-refractivity contribution >= 4 is 17.9 Å². The van der Waals surface area contributed by atoms with Crippen molar-refractivity contribution in [1.29, 1.82) is 0 Å². The number of hydrogen-bond donors (Lipinski definition) is 4. The number of ether oxygens (including phenoxy) is 2.